The van der Waals surface area contributed by atoms with Crippen LogP contribution in [0.3, 0.4) is 0 Å². The first kappa shape index (κ1) is 36.4. The summed E-state index contributed by atoms with van der Waals surface area (Å²) in [5.41, 5.74) is 23.1. The van der Waals surface area contributed by atoms with Crippen LogP contribution >= 0.6 is 0 Å². The summed E-state index contributed by atoms with van der Waals surface area (Å²) in [7, 11) is 0. The highest BCUT2D eigenvalue weighted by molar-refractivity contribution is 6.12. The first-order valence-electron chi connectivity index (χ1n) is 22.5. The lowest BCUT2D eigenvalue weighted by Gasteiger charge is -2.34. The van der Waals surface area contributed by atoms with Crippen molar-refractivity contribution in [1.29, 1.82) is 0 Å². The van der Waals surface area contributed by atoms with E-state index in [1.807, 2.05) is 0 Å². The second-order valence-electron chi connectivity index (χ2n) is 19.1. The van der Waals surface area contributed by atoms with Crippen molar-refractivity contribution in [2.75, 3.05) is 0 Å². The zero-order valence-electron chi connectivity index (χ0n) is 36.1. The van der Waals surface area contributed by atoms with Crippen molar-refractivity contribution in [3.63, 3.8) is 0 Å². The van der Waals surface area contributed by atoms with Gasteiger partial charge in [0.2, 0.25) is 0 Å². The van der Waals surface area contributed by atoms with Crippen molar-refractivity contribution >= 4 is 21.5 Å². The predicted octanol–water partition coefficient (Wildman–Crippen LogP) is 16.3. The Morgan fingerprint density at radius 3 is 0.937 bits per heavy atom. The average Bonchev–Trinajstić information content (AvgIpc) is 3.84. The fourth-order valence-electron chi connectivity index (χ4n) is 12.3. The van der Waals surface area contributed by atoms with E-state index >= 15 is 0 Å². The van der Waals surface area contributed by atoms with E-state index in [1.165, 1.54) is 122 Å². The van der Waals surface area contributed by atoms with E-state index in [1.54, 1.807) is 0 Å². The molecule has 3 aliphatic carbocycles. The van der Waals surface area contributed by atoms with Crippen LogP contribution in [0.25, 0.3) is 77.2 Å². The van der Waals surface area contributed by atoms with Crippen molar-refractivity contribution < 1.29 is 0 Å². The molecule has 0 unspecified atom stereocenters. The second-order valence-corrected chi connectivity index (χ2v) is 19.1. The molecule has 0 bridgehead atoms. The molecule has 0 spiro atoms. The summed E-state index contributed by atoms with van der Waals surface area (Å²) in [5, 5.41) is 5.24. The molecule has 63 heavy (non-hydrogen) atoms. The molecule has 10 aromatic rings. The van der Waals surface area contributed by atoms with Crippen LogP contribution in [0, 0.1) is 0 Å². The van der Waals surface area contributed by atoms with E-state index in [9.17, 15) is 0 Å². The van der Waals surface area contributed by atoms with Gasteiger partial charge in [0, 0.05) is 10.8 Å². The topological polar surface area (TPSA) is 0 Å². The minimum Gasteiger partial charge on any atom is -0.0622 e. The molecule has 0 aliphatic heterocycles. The Balaban J connectivity index is 1.14. The average molecular weight is 803 g/mol. The fraction of sp³-hybridized carbons (Fsp3) is 0.111. The Bertz CT molecular complexity index is 3280. The van der Waals surface area contributed by atoms with Crippen LogP contribution in [0.1, 0.15) is 72.2 Å². The minimum absolute atomic E-state index is 0.225. The molecule has 0 N–H and O–H groups in total. The van der Waals surface area contributed by atoms with Crippen LogP contribution in [0.5, 0.6) is 0 Å². The van der Waals surface area contributed by atoms with E-state index in [-0.39, 0.29) is 10.8 Å². The quantitative estimate of drug-likeness (QED) is 0.166. The Morgan fingerprint density at radius 2 is 0.556 bits per heavy atom. The van der Waals surface area contributed by atoms with Crippen LogP contribution < -0.4 is 0 Å². The van der Waals surface area contributed by atoms with Gasteiger partial charge in [0.25, 0.3) is 0 Å². The van der Waals surface area contributed by atoms with Crippen molar-refractivity contribution in [1.82, 2.24) is 0 Å². The molecule has 298 valence electrons. The van der Waals surface area contributed by atoms with Gasteiger partial charge in [-0.05, 0) is 158 Å². The van der Waals surface area contributed by atoms with Crippen LogP contribution in [0.15, 0.2) is 206 Å². The maximum absolute atomic E-state index is 2.62. The molecule has 0 heteroatoms. The highest BCUT2D eigenvalue weighted by atomic mass is 14.5. The summed E-state index contributed by atoms with van der Waals surface area (Å²) in [6.07, 6.45) is 0. The Morgan fingerprint density at radius 1 is 0.254 bits per heavy atom. The molecule has 0 saturated heterocycles. The van der Waals surface area contributed by atoms with Crippen molar-refractivity contribution in [3.05, 3.63) is 251 Å². The molecular formula is C63H46. The van der Waals surface area contributed by atoms with Gasteiger partial charge in [0.05, 0.1) is 5.41 Å². The third-order valence-corrected chi connectivity index (χ3v) is 15.3. The Kier molecular flexibility index (Phi) is 7.44. The van der Waals surface area contributed by atoms with E-state index < -0.39 is 5.41 Å². The van der Waals surface area contributed by atoms with E-state index in [0.717, 1.165) is 0 Å². The lowest BCUT2D eigenvalue weighted by Crippen LogP contribution is -2.29. The van der Waals surface area contributed by atoms with Crippen LogP contribution in [-0.4, -0.2) is 0 Å². The number of hydrogen-bond donors (Lipinski definition) is 0. The summed E-state index contributed by atoms with van der Waals surface area (Å²) in [5.74, 6) is 0. The standard InChI is InChI=1S/C63H46/c1-61(2)53-35-49-50-36-54-52(60-46-32-20-18-30-44(46)48(34-58(60)62(54,3)4)40-23-11-6-12-24-40)38-56(50)63(41-25-13-7-14-26-41,42-27-15-8-16-28-42)55(49)37-51(53)59-45-31-19-17-29-43(45)47(33-57(59)61)39-21-9-5-10-22-39/h5-38H,1-4H3. The number of fused-ring (bicyclic) bond motifs is 13. The SMILES string of the molecule is CC1(C)c2cc3c(cc2-c2c1cc(-c1ccccc1)c1ccccc21)C(c1ccccc1)(c1ccccc1)c1cc2c(cc1-3)C(C)(C)c1cc(-c3ccccc3)c3ccccc3c1-2. The largest absolute Gasteiger partial charge is 0.0714 e. The van der Waals surface area contributed by atoms with Gasteiger partial charge in [-0.3, -0.25) is 0 Å². The van der Waals surface area contributed by atoms with Gasteiger partial charge in [-0.2, -0.15) is 0 Å². The summed E-state index contributed by atoms with van der Waals surface area (Å²) < 4.78 is 0. The second kappa shape index (κ2) is 12.9. The van der Waals surface area contributed by atoms with Gasteiger partial charge in [0.15, 0.2) is 0 Å². The van der Waals surface area contributed by atoms with Crippen molar-refractivity contribution in [2.24, 2.45) is 0 Å². The zero-order valence-corrected chi connectivity index (χ0v) is 36.1. The van der Waals surface area contributed by atoms with Gasteiger partial charge in [-0.1, -0.05) is 198 Å². The normalized spacial score (nSPS) is 15.4. The van der Waals surface area contributed by atoms with E-state index in [2.05, 4.69) is 234 Å². The van der Waals surface area contributed by atoms with Crippen LogP contribution in [0.4, 0.5) is 0 Å². The van der Waals surface area contributed by atoms with Crippen LogP contribution in [0.2, 0.25) is 0 Å². The summed E-state index contributed by atoms with van der Waals surface area (Å²) in [6.45, 7) is 9.79. The maximum Gasteiger partial charge on any atom is 0.0714 e. The van der Waals surface area contributed by atoms with Gasteiger partial charge in [-0.25, -0.2) is 0 Å². The molecule has 0 saturated carbocycles. The van der Waals surface area contributed by atoms with Crippen molar-refractivity contribution in [3.8, 4) is 55.6 Å². The maximum atomic E-state index is 2.62. The summed E-state index contributed by atoms with van der Waals surface area (Å²) in [4.78, 5) is 0. The van der Waals surface area contributed by atoms with Gasteiger partial charge in [-0.15, -0.1) is 0 Å². The molecule has 10 aromatic carbocycles. The molecule has 13 rings (SSSR count). The van der Waals surface area contributed by atoms with Crippen molar-refractivity contribution in [2.45, 2.75) is 43.9 Å². The smallest absolute Gasteiger partial charge is 0.0622 e. The van der Waals surface area contributed by atoms with Gasteiger partial charge >= 0.3 is 0 Å². The molecule has 0 heterocycles. The number of benzene rings is 10. The fourth-order valence-corrected chi connectivity index (χ4v) is 12.3. The molecule has 0 aromatic heterocycles. The number of rotatable bonds is 4. The van der Waals surface area contributed by atoms with Gasteiger partial charge in [0.1, 0.15) is 0 Å². The highest BCUT2D eigenvalue weighted by Gasteiger charge is 2.50. The Hall–Kier alpha value is -7.28. The van der Waals surface area contributed by atoms with Crippen LogP contribution in [-0.2, 0) is 16.2 Å². The lowest BCUT2D eigenvalue weighted by atomic mass is 9.67. The number of hydrogen-bond acceptors (Lipinski definition) is 0. The first-order valence-corrected chi connectivity index (χ1v) is 22.5. The molecule has 0 fully saturated rings. The highest BCUT2D eigenvalue weighted by Crippen LogP contribution is 2.64. The predicted molar refractivity (Wildman–Crippen MR) is 265 cm³/mol. The summed E-state index contributed by atoms with van der Waals surface area (Å²) >= 11 is 0. The summed E-state index contributed by atoms with van der Waals surface area (Å²) in [6, 6.07) is 78.3. The molecule has 0 nitrogen and oxygen atoms in total. The van der Waals surface area contributed by atoms with Gasteiger partial charge < -0.3 is 0 Å². The third kappa shape index (κ3) is 4.76. The first-order chi connectivity index (χ1) is 30.8. The molecule has 0 radical (unpaired) electrons. The zero-order chi connectivity index (χ0) is 42.2. The molecule has 0 atom stereocenters. The molecular weight excluding hydrogens is 757 g/mol. The molecule has 3 aliphatic rings. The van der Waals surface area contributed by atoms with E-state index in [0.29, 0.717) is 0 Å². The Labute approximate surface area is 370 Å². The lowest BCUT2D eigenvalue weighted by molar-refractivity contribution is 0.660. The van der Waals surface area contributed by atoms with E-state index in [4.69, 9.17) is 0 Å². The minimum atomic E-state index is -0.559. The monoisotopic (exact) mass is 802 g/mol. The third-order valence-electron chi connectivity index (χ3n) is 15.3. The molecule has 0 amide bonds.